The van der Waals surface area contributed by atoms with Gasteiger partial charge in [-0.25, -0.2) is 0 Å². The first kappa shape index (κ1) is 16.5. The summed E-state index contributed by atoms with van der Waals surface area (Å²) >= 11 is 5.04. The third kappa shape index (κ3) is 3.65. The number of benzene rings is 2. The van der Waals surface area contributed by atoms with Gasteiger partial charge in [-0.3, -0.25) is 0 Å². The molecule has 2 rings (SSSR count). The number of Topliss-reactive ketones (excluding diaryl/α,β-unsaturated/α-hetero) is 1. The van der Waals surface area contributed by atoms with Crippen molar-refractivity contribution >= 4 is 59.4 Å². The first-order chi connectivity index (χ1) is 9.22. The number of carbonyl (C=O) groups excluding carboxylic acids is 1. The van der Waals surface area contributed by atoms with Crippen LogP contribution in [0.15, 0.2) is 42.5 Å². The SMILES string of the molecule is CC(C)(C)C(=O)C[Te](Br)(Br)c1cccc2ccccc12. The van der Waals surface area contributed by atoms with Gasteiger partial charge in [-0.15, -0.1) is 0 Å². The Kier molecular flexibility index (Phi) is 5.02. The van der Waals surface area contributed by atoms with Gasteiger partial charge in [0.15, 0.2) is 0 Å². The van der Waals surface area contributed by atoms with E-state index in [0.717, 1.165) is 0 Å². The first-order valence-corrected chi connectivity index (χ1v) is 19.7. The summed E-state index contributed by atoms with van der Waals surface area (Å²) in [7, 11) is 0. The molecule has 0 aliphatic heterocycles. The molecule has 2 aromatic carbocycles. The fraction of sp³-hybridized carbons (Fsp3) is 0.312. The van der Waals surface area contributed by atoms with Crippen LogP contribution in [0.1, 0.15) is 20.8 Å². The fourth-order valence-electron chi connectivity index (χ4n) is 1.92. The van der Waals surface area contributed by atoms with E-state index < -0.39 is 13.8 Å². The molecular weight excluding hydrogens is 496 g/mol. The van der Waals surface area contributed by atoms with E-state index in [1.54, 1.807) is 0 Å². The Morgan fingerprint density at radius 1 is 1.05 bits per heavy atom. The number of halogens is 2. The van der Waals surface area contributed by atoms with Crippen LogP contribution in [0.2, 0.25) is 4.47 Å². The van der Waals surface area contributed by atoms with Crippen LogP contribution in [0.3, 0.4) is 0 Å². The average Bonchev–Trinajstić information content (AvgIpc) is 2.36. The molecule has 0 aliphatic carbocycles. The van der Waals surface area contributed by atoms with Gasteiger partial charge in [-0.2, -0.15) is 0 Å². The van der Waals surface area contributed by atoms with Gasteiger partial charge in [-0.1, -0.05) is 0 Å². The maximum absolute atomic E-state index is 12.4. The predicted octanol–water partition coefficient (Wildman–Crippen LogP) is 4.89. The maximum atomic E-state index is 12.4. The summed E-state index contributed by atoms with van der Waals surface area (Å²) in [4.78, 5) is 12.4. The predicted molar refractivity (Wildman–Crippen MR) is 96.5 cm³/mol. The molecule has 0 saturated heterocycles. The standard InChI is InChI=1S/C16H18Br2OTe/c1-16(2,3)15(19)11-20(17,18)14-10-6-8-12-7-4-5-9-13(12)14/h4-10H,11H2,1-3H3. The van der Waals surface area contributed by atoms with Crippen LogP contribution in [0, 0.1) is 5.41 Å². The van der Waals surface area contributed by atoms with Gasteiger partial charge in [0.2, 0.25) is 0 Å². The Balaban J connectivity index is 2.44. The average molecular weight is 514 g/mol. The molecule has 0 aliphatic rings. The molecule has 1 nitrogen and oxygen atoms in total. The van der Waals surface area contributed by atoms with Gasteiger partial charge in [0.25, 0.3) is 0 Å². The number of rotatable bonds is 3. The monoisotopic (exact) mass is 514 g/mol. The van der Waals surface area contributed by atoms with Crippen molar-refractivity contribution in [3.63, 3.8) is 0 Å². The second-order valence-corrected chi connectivity index (χ2v) is 31.9. The summed E-state index contributed by atoms with van der Waals surface area (Å²) in [5, 5.41) is 2.47. The number of fused-ring (bicyclic) bond motifs is 1. The van der Waals surface area contributed by atoms with Crippen LogP contribution in [0.5, 0.6) is 0 Å². The van der Waals surface area contributed by atoms with E-state index >= 15 is 0 Å². The van der Waals surface area contributed by atoms with Gasteiger partial charge in [0, 0.05) is 0 Å². The Hall–Kier alpha value is 0.120. The molecule has 0 bridgehead atoms. The van der Waals surface area contributed by atoms with Crippen LogP contribution in [-0.2, 0) is 4.79 Å². The summed E-state index contributed by atoms with van der Waals surface area (Å²) in [6.45, 7) is 5.95. The molecule has 0 fully saturated rings. The summed E-state index contributed by atoms with van der Waals surface area (Å²) in [6, 6.07) is 14.7. The molecule has 20 heavy (non-hydrogen) atoms. The fourth-order valence-corrected chi connectivity index (χ4v) is 13.4. The van der Waals surface area contributed by atoms with Gasteiger partial charge < -0.3 is 0 Å². The quantitative estimate of drug-likeness (QED) is 0.534. The molecule has 0 N–H and O–H groups in total. The zero-order valence-corrected chi connectivity index (χ0v) is 17.3. The van der Waals surface area contributed by atoms with Gasteiger partial charge in [0.05, 0.1) is 0 Å². The van der Waals surface area contributed by atoms with Crippen LogP contribution in [-0.4, -0.2) is 19.5 Å². The second-order valence-electron chi connectivity index (χ2n) is 5.87. The van der Waals surface area contributed by atoms with Crippen molar-refractivity contribution in [2.75, 3.05) is 0 Å². The molecule has 4 heteroatoms. The van der Waals surface area contributed by atoms with E-state index in [1.165, 1.54) is 14.4 Å². The van der Waals surface area contributed by atoms with Crippen LogP contribution in [0.25, 0.3) is 10.8 Å². The van der Waals surface area contributed by atoms with Crippen molar-refractivity contribution in [2.45, 2.75) is 25.2 Å². The minimum atomic E-state index is -2.74. The van der Waals surface area contributed by atoms with Gasteiger partial charge >= 0.3 is 137 Å². The first-order valence-electron chi connectivity index (χ1n) is 6.43. The van der Waals surface area contributed by atoms with Crippen molar-refractivity contribution in [1.29, 1.82) is 0 Å². The van der Waals surface area contributed by atoms with Gasteiger partial charge in [0.1, 0.15) is 0 Å². The summed E-state index contributed by atoms with van der Waals surface area (Å²) < 4.78 is 1.88. The molecular formula is C16H18Br2OTe. The Morgan fingerprint density at radius 2 is 1.65 bits per heavy atom. The molecule has 0 amide bonds. The van der Waals surface area contributed by atoms with E-state index in [9.17, 15) is 4.79 Å². The number of carbonyl (C=O) groups is 1. The topological polar surface area (TPSA) is 17.1 Å². The number of hydrogen-bond donors (Lipinski definition) is 0. The zero-order valence-electron chi connectivity index (χ0n) is 11.8. The molecule has 0 aromatic heterocycles. The van der Waals surface area contributed by atoms with Gasteiger partial charge in [-0.05, 0) is 0 Å². The molecule has 0 radical (unpaired) electrons. The molecule has 0 heterocycles. The Bertz CT molecular complexity index is 639. The van der Waals surface area contributed by atoms with E-state index in [4.69, 9.17) is 0 Å². The Labute approximate surface area is 136 Å². The molecule has 0 atom stereocenters. The summed E-state index contributed by atoms with van der Waals surface area (Å²) in [6.07, 6.45) is 0. The van der Waals surface area contributed by atoms with Crippen molar-refractivity contribution in [3.8, 4) is 0 Å². The minimum absolute atomic E-state index is 0.288. The molecule has 0 unspecified atom stereocenters. The normalized spacial score (nSPS) is 13.4. The van der Waals surface area contributed by atoms with Crippen molar-refractivity contribution in [3.05, 3.63) is 42.5 Å². The van der Waals surface area contributed by atoms with Crippen LogP contribution >= 0.6 is 25.5 Å². The van der Waals surface area contributed by atoms with Crippen LogP contribution < -0.4 is 3.61 Å². The Morgan fingerprint density at radius 3 is 2.30 bits per heavy atom. The number of ketones is 1. The molecule has 0 spiro atoms. The summed E-state index contributed by atoms with van der Waals surface area (Å²) in [5.41, 5.74) is -0.288. The third-order valence-electron chi connectivity index (χ3n) is 3.22. The van der Waals surface area contributed by atoms with Crippen molar-refractivity contribution < 1.29 is 4.79 Å². The van der Waals surface area contributed by atoms with E-state index in [0.29, 0.717) is 10.3 Å². The van der Waals surface area contributed by atoms with Crippen molar-refractivity contribution in [1.82, 2.24) is 0 Å². The zero-order chi connectivity index (χ0) is 15.0. The van der Waals surface area contributed by atoms with Crippen molar-refractivity contribution in [2.24, 2.45) is 5.41 Å². The molecule has 0 saturated carbocycles. The molecule has 2 aromatic rings. The van der Waals surface area contributed by atoms with E-state index in [1.807, 2.05) is 26.8 Å². The van der Waals surface area contributed by atoms with E-state index in [-0.39, 0.29) is 5.41 Å². The number of hydrogen-bond acceptors (Lipinski definition) is 1. The second kappa shape index (κ2) is 6.08. The molecule has 108 valence electrons. The summed E-state index contributed by atoms with van der Waals surface area (Å²) in [5.74, 6) is 0.306. The van der Waals surface area contributed by atoms with Crippen LogP contribution in [0.4, 0.5) is 0 Å². The third-order valence-corrected chi connectivity index (χ3v) is 15.6. The van der Waals surface area contributed by atoms with E-state index in [2.05, 4.69) is 61.9 Å².